The molecule has 0 radical (unpaired) electrons. The van der Waals surface area contributed by atoms with Crippen molar-refractivity contribution in [2.45, 2.75) is 23.6 Å². The maximum Gasteiger partial charge on any atom is 0.263 e. The highest BCUT2D eigenvalue weighted by Gasteiger charge is 2.18. The van der Waals surface area contributed by atoms with Crippen LogP contribution in [-0.2, 0) is 20.0 Å². The number of rotatable bonds is 8. The molecule has 0 amide bonds. The standard InChI is InChI=1S/C18H19N3O6S2/c1-3-26-15-6-10-17(11-7-15)28(22,23)20-14-4-8-16(9-5-14)29(24,25)21-18-12-13(2)27-19-18/h4-12,20H,3H2,1-2H3,(H,19,21). The molecule has 3 aromatic rings. The van der Waals surface area contributed by atoms with Gasteiger partial charge in [0.25, 0.3) is 20.0 Å². The summed E-state index contributed by atoms with van der Waals surface area (Å²) >= 11 is 0. The van der Waals surface area contributed by atoms with Gasteiger partial charge in [-0.25, -0.2) is 16.8 Å². The van der Waals surface area contributed by atoms with Gasteiger partial charge < -0.3 is 9.26 Å². The van der Waals surface area contributed by atoms with Crippen LogP contribution in [0, 0.1) is 6.92 Å². The van der Waals surface area contributed by atoms with Gasteiger partial charge in [0.1, 0.15) is 11.5 Å². The minimum Gasteiger partial charge on any atom is -0.494 e. The van der Waals surface area contributed by atoms with Crippen LogP contribution in [-0.4, -0.2) is 28.6 Å². The van der Waals surface area contributed by atoms with Crippen LogP contribution < -0.4 is 14.2 Å². The highest BCUT2D eigenvalue weighted by molar-refractivity contribution is 7.93. The van der Waals surface area contributed by atoms with Crippen molar-refractivity contribution in [3.8, 4) is 5.75 Å². The molecule has 0 spiro atoms. The van der Waals surface area contributed by atoms with Crippen LogP contribution in [0.4, 0.5) is 11.5 Å². The molecule has 9 nitrogen and oxygen atoms in total. The molecule has 0 unspecified atom stereocenters. The van der Waals surface area contributed by atoms with Crippen LogP contribution in [0.15, 0.2) is 68.9 Å². The van der Waals surface area contributed by atoms with E-state index in [1.54, 1.807) is 19.1 Å². The summed E-state index contributed by atoms with van der Waals surface area (Å²) < 4.78 is 64.5. The van der Waals surface area contributed by atoms with E-state index in [1.165, 1.54) is 42.5 Å². The first-order valence-electron chi connectivity index (χ1n) is 8.51. The van der Waals surface area contributed by atoms with Crippen LogP contribution in [0.1, 0.15) is 12.7 Å². The minimum atomic E-state index is -3.89. The average Bonchev–Trinajstić information content (AvgIpc) is 3.06. The van der Waals surface area contributed by atoms with Crippen molar-refractivity contribution in [1.29, 1.82) is 0 Å². The molecule has 2 aromatic carbocycles. The number of hydrogen-bond donors (Lipinski definition) is 2. The summed E-state index contributed by atoms with van der Waals surface area (Å²) in [6, 6.07) is 12.7. The molecule has 154 valence electrons. The first-order valence-corrected chi connectivity index (χ1v) is 11.5. The van der Waals surface area contributed by atoms with Crippen LogP contribution in [0.3, 0.4) is 0 Å². The van der Waals surface area contributed by atoms with Gasteiger partial charge in [0, 0.05) is 11.8 Å². The number of benzene rings is 2. The molecule has 0 saturated carbocycles. The smallest absolute Gasteiger partial charge is 0.263 e. The molecule has 0 aliphatic rings. The predicted octanol–water partition coefficient (Wildman–Crippen LogP) is 2.98. The van der Waals surface area contributed by atoms with Gasteiger partial charge in [-0.2, -0.15) is 0 Å². The number of aryl methyl sites for hydroxylation is 1. The molecule has 11 heteroatoms. The fourth-order valence-corrected chi connectivity index (χ4v) is 4.45. The molecule has 0 fully saturated rings. The summed E-state index contributed by atoms with van der Waals surface area (Å²) in [6.07, 6.45) is 0. The summed E-state index contributed by atoms with van der Waals surface area (Å²) in [4.78, 5) is 0.00267. The fraction of sp³-hybridized carbons (Fsp3) is 0.167. The van der Waals surface area contributed by atoms with Crippen molar-refractivity contribution in [2.24, 2.45) is 0 Å². The van der Waals surface area contributed by atoms with E-state index in [2.05, 4.69) is 14.6 Å². The van der Waals surface area contributed by atoms with Crippen LogP contribution >= 0.6 is 0 Å². The van der Waals surface area contributed by atoms with E-state index in [0.29, 0.717) is 18.1 Å². The van der Waals surface area contributed by atoms with Gasteiger partial charge in [-0.1, -0.05) is 5.16 Å². The molecule has 2 N–H and O–H groups in total. The lowest BCUT2D eigenvalue weighted by atomic mass is 10.3. The van der Waals surface area contributed by atoms with Gasteiger partial charge in [0.15, 0.2) is 5.82 Å². The van der Waals surface area contributed by atoms with Gasteiger partial charge in [-0.3, -0.25) is 9.44 Å². The molecule has 1 heterocycles. The summed E-state index contributed by atoms with van der Waals surface area (Å²) in [7, 11) is -7.72. The Morgan fingerprint density at radius 1 is 0.897 bits per heavy atom. The van der Waals surface area contributed by atoms with Crippen molar-refractivity contribution in [3.63, 3.8) is 0 Å². The Morgan fingerprint density at radius 3 is 1.97 bits per heavy atom. The number of nitrogens with zero attached hydrogens (tertiary/aromatic N) is 1. The monoisotopic (exact) mass is 437 g/mol. The Bertz CT molecular complexity index is 1190. The van der Waals surface area contributed by atoms with Crippen LogP contribution in [0.25, 0.3) is 0 Å². The topological polar surface area (TPSA) is 128 Å². The quantitative estimate of drug-likeness (QED) is 0.554. The molecule has 0 bridgehead atoms. The number of hydrogen-bond acceptors (Lipinski definition) is 7. The van der Waals surface area contributed by atoms with Crippen molar-refractivity contribution in [1.82, 2.24) is 5.16 Å². The van der Waals surface area contributed by atoms with E-state index >= 15 is 0 Å². The summed E-state index contributed by atoms with van der Waals surface area (Å²) in [5.74, 6) is 1.08. The average molecular weight is 437 g/mol. The molecule has 0 saturated heterocycles. The van der Waals surface area contributed by atoms with Crippen LogP contribution in [0.2, 0.25) is 0 Å². The third kappa shape index (κ3) is 5.06. The molecule has 0 aliphatic heterocycles. The zero-order valence-electron chi connectivity index (χ0n) is 15.6. The lowest BCUT2D eigenvalue weighted by molar-refractivity contribution is 0.340. The number of aromatic nitrogens is 1. The zero-order valence-corrected chi connectivity index (χ0v) is 17.2. The summed E-state index contributed by atoms with van der Waals surface area (Å²) in [6.45, 7) is 3.94. The second-order valence-corrected chi connectivity index (χ2v) is 9.33. The van der Waals surface area contributed by atoms with Gasteiger partial charge in [0.05, 0.1) is 16.4 Å². The van der Waals surface area contributed by atoms with E-state index in [9.17, 15) is 16.8 Å². The fourth-order valence-electron chi connectivity index (χ4n) is 2.41. The first kappa shape index (κ1) is 20.7. The Morgan fingerprint density at radius 2 is 1.45 bits per heavy atom. The lowest BCUT2D eigenvalue weighted by Crippen LogP contribution is -2.14. The summed E-state index contributed by atoms with van der Waals surface area (Å²) in [5, 5.41) is 3.58. The first-order chi connectivity index (χ1) is 13.7. The Labute approximate surface area is 168 Å². The van der Waals surface area contributed by atoms with Crippen molar-refractivity contribution in [2.75, 3.05) is 16.1 Å². The number of nitrogens with one attached hydrogen (secondary N) is 2. The normalized spacial score (nSPS) is 11.8. The molecular formula is C18H19N3O6S2. The molecule has 29 heavy (non-hydrogen) atoms. The number of ether oxygens (including phenoxy) is 1. The second-order valence-electron chi connectivity index (χ2n) is 5.96. The maximum absolute atomic E-state index is 12.5. The van der Waals surface area contributed by atoms with Crippen molar-refractivity contribution in [3.05, 3.63) is 60.4 Å². The Kier molecular flexibility index (Phi) is 5.80. The predicted molar refractivity (Wildman–Crippen MR) is 107 cm³/mol. The molecule has 1 aromatic heterocycles. The van der Waals surface area contributed by atoms with E-state index in [-0.39, 0.29) is 21.3 Å². The maximum atomic E-state index is 12.5. The van der Waals surface area contributed by atoms with Crippen molar-refractivity contribution >= 4 is 31.6 Å². The van der Waals surface area contributed by atoms with E-state index in [0.717, 1.165) is 0 Å². The van der Waals surface area contributed by atoms with Gasteiger partial charge >= 0.3 is 0 Å². The minimum absolute atomic E-state index is 0.0535. The highest BCUT2D eigenvalue weighted by atomic mass is 32.2. The molecule has 0 aliphatic carbocycles. The Balaban J connectivity index is 1.74. The summed E-state index contributed by atoms with van der Waals surface area (Å²) in [5.41, 5.74) is 0.218. The number of anilines is 2. The van der Waals surface area contributed by atoms with Gasteiger partial charge in [-0.05, 0) is 62.4 Å². The zero-order chi connectivity index (χ0) is 21.1. The molecule has 3 rings (SSSR count). The molecular weight excluding hydrogens is 418 g/mol. The highest BCUT2D eigenvalue weighted by Crippen LogP contribution is 2.22. The third-order valence-electron chi connectivity index (χ3n) is 3.73. The number of sulfonamides is 2. The largest absolute Gasteiger partial charge is 0.494 e. The van der Waals surface area contributed by atoms with E-state index in [1.807, 2.05) is 6.92 Å². The third-order valence-corrected chi connectivity index (χ3v) is 6.50. The van der Waals surface area contributed by atoms with E-state index in [4.69, 9.17) is 9.26 Å². The van der Waals surface area contributed by atoms with Gasteiger partial charge in [0.2, 0.25) is 0 Å². The van der Waals surface area contributed by atoms with Gasteiger partial charge in [-0.15, -0.1) is 0 Å². The lowest BCUT2D eigenvalue weighted by Gasteiger charge is -2.10. The van der Waals surface area contributed by atoms with Crippen molar-refractivity contribution < 1.29 is 26.1 Å². The SMILES string of the molecule is CCOc1ccc(S(=O)(=O)Nc2ccc(S(=O)(=O)Nc3cc(C)on3)cc2)cc1. The second kappa shape index (κ2) is 8.13. The molecule has 0 atom stereocenters. The Hall–Kier alpha value is -3.05. The van der Waals surface area contributed by atoms with Crippen LogP contribution in [0.5, 0.6) is 5.75 Å². The van der Waals surface area contributed by atoms with E-state index < -0.39 is 20.0 Å².